The van der Waals surface area contributed by atoms with Crippen LogP contribution in [0.1, 0.15) is 0 Å². The van der Waals surface area contributed by atoms with E-state index in [4.69, 9.17) is 13.8 Å². The first-order chi connectivity index (χ1) is 20.3. The summed E-state index contributed by atoms with van der Waals surface area (Å²) in [6.07, 6.45) is 0. The Hall–Kier alpha value is -5.61. The van der Waals surface area contributed by atoms with Gasteiger partial charge in [-0.2, -0.15) is 0 Å². The topological polar surface area (TPSA) is 42.4 Å². The number of hydrogen-bond donors (Lipinski definition) is 0. The highest BCUT2D eigenvalue weighted by atomic mass is 16.4. The van der Waals surface area contributed by atoms with Crippen molar-refractivity contribution in [2.75, 3.05) is 4.90 Å². The fraction of sp³-hybridized carbons (Fsp3) is 0. The first-order valence-electron chi connectivity index (χ1n) is 13.6. The Kier molecular flexibility index (Phi) is 5.42. The van der Waals surface area contributed by atoms with Crippen molar-refractivity contribution in [3.63, 3.8) is 0 Å². The maximum atomic E-state index is 6.49. The molecule has 0 atom stereocenters. The third-order valence-corrected chi connectivity index (χ3v) is 7.49. The van der Waals surface area contributed by atoms with Crippen LogP contribution in [0.3, 0.4) is 0 Å². The SMILES string of the molecule is c1ccc(-c2nc3c(-c4ccc(N(c5ccccc5)c5ccccc5)cc4)c4oc5ccccc5c4cc3o2)cc1. The molecule has 0 aliphatic carbocycles. The molecule has 0 unspecified atom stereocenters. The van der Waals surface area contributed by atoms with E-state index >= 15 is 0 Å². The molecule has 0 aliphatic rings. The Morgan fingerprint density at radius 3 is 1.73 bits per heavy atom. The molecule has 0 amide bonds. The summed E-state index contributed by atoms with van der Waals surface area (Å²) >= 11 is 0. The fourth-order valence-corrected chi connectivity index (χ4v) is 5.59. The predicted octanol–water partition coefficient (Wildman–Crippen LogP) is 10.5. The van der Waals surface area contributed by atoms with Gasteiger partial charge in [-0.15, -0.1) is 0 Å². The molecule has 0 N–H and O–H groups in total. The van der Waals surface area contributed by atoms with E-state index in [1.807, 2.05) is 60.7 Å². The number of furan rings is 1. The first-order valence-corrected chi connectivity index (χ1v) is 13.6. The van der Waals surface area contributed by atoms with Crippen LogP contribution < -0.4 is 4.90 Å². The van der Waals surface area contributed by atoms with Gasteiger partial charge in [0.25, 0.3) is 0 Å². The lowest BCUT2D eigenvalue weighted by atomic mass is 10.00. The minimum Gasteiger partial charge on any atom is -0.455 e. The summed E-state index contributed by atoms with van der Waals surface area (Å²) < 4.78 is 12.8. The highest BCUT2D eigenvalue weighted by molar-refractivity contribution is 6.16. The van der Waals surface area contributed by atoms with E-state index in [2.05, 4.69) is 89.8 Å². The summed E-state index contributed by atoms with van der Waals surface area (Å²) in [5, 5.41) is 2.07. The van der Waals surface area contributed by atoms with Crippen molar-refractivity contribution in [2.45, 2.75) is 0 Å². The Morgan fingerprint density at radius 2 is 1.05 bits per heavy atom. The molecule has 4 heteroatoms. The van der Waals surface area contributed by atoms with Gasteiger partial charge < -0.3 is 13.7 Å². The van der Waals surface area contributed by atoms with Crippen LogP contribution in [0.2, 0.25) is 0 Å². The lowest BCUT2D eigenvalue weighted by Gasteiger charge is -2.25. The van der Waals surface area contributed by atoms with Gasteiger partial charge in [0.15, 0.2) is 5.58 Å². The van der Waals surface area contributed by atoms with E-state index < -0.39 is 0 Å². The van der Waals surface area contributed by atoms with Crippen molar-refractivity contribution in [2.24, 2.45) is 0 Å². The maximum absolute atomic E-state index is 6.49. The van der Waals surface area contributed by atoms with E-state index in [9.17, 15) is 0 Å². The number of benzene rings is 6. The molecule has 0 saturated carbocycles. The molecule has 8 aromatic rings. The molecular weight excluding hydrogens is 504 g/mol. The van der Waals surface area contributed by atoms with Gasteiger partial charge in [0, 0.05) is 33.4 Å². The van der Waals surface area contributed by atoms with Crippen LogP contribution in [0.25, 0.3) is 55.6 Å². The fourth-order valence-electron chi connectivity index (χ4n) is 5.59. The monoisotopic (exact) mass is 528 g/mol. The molecule has 8 rings (SSSR count). The molecule has 6 aromatic carbocycles. The van der Waals surface area contributed by atoms with E-state index in [1.165, 1.54) is 0 Å². The van der Waals surface area contributed by atoms with Gasteiger partial charge in [-0.1, -0.05) is 84.9 Å². The molecular formula is C37H24N2O2. The number of oxazole rings is 1. The summed E-state index contributed by atoms with van der Waals surface area (Å²) in [5.74, 6) is 0.592. The average molecular weight is 529 g/mol. The summed E-state index contributed by atoms with van der Waals surface area (Å²) in [6, 6.07) is 49.6. The number of rotatable bonds is 5. The standard InChI is InChI=1S/C37H24N2O2/c1-4-12-26(13-5-1)37-38-35-33(41-37)24-31-30-18-10-11-19-32(30)40-36(31)34(35)25-20-22-29(23-21-25)39(27-14-6-2-7-15-27)28-16-8-3-9-17-28/h1-24H. The van der Waals surface area contributed by atoms with Crippen molar-refractivity contribution < 1.29 is 8.83 Å². The molecule has 194 valence electrons. The van der Waals surface area contributed by atoms with Crippen molar-refractivity contribution in [1.82, 2.24) is 4.98 Å². The minimum atomic E-state index is 0.592. The number of anilines is 3. The molecule has 0 aliphatic heterocycles. The van der Waals surface area contributed by atoms with Gasteiger partial charge in [0.1, 0.15) is 16.7 Å². The smallest absolute Gasteiger partial charge is 0.227 e. The predicted molar refractivity (Wildman–Crippen MR) is 167 cm³/mol. The second-order valence-electron chi connectivity index (χ2n) is 10.0. The number of para-hydroxylation sites is 3. The van der Waals surface area contributed by atoms with Gasteiger partial charge in [-0.05, 0) is 66.2 Å². The summed E-state index contributed by atoms with van der Waals surface area (Å²) in [5.41, 5.74) is 9.29. The van der Waals surface area contributed by atoms with E-state index in [-0.39, 0.29) is 0 Å². The molecule has 0 radical (unpaired) electrons. The van der Waals surface area contributed by atoms with Crippen molar-refractivity contribution in [3.05, 3.63) is 146 Å². The zero-order chi connectivity index (χ0) is 27.2. The van der Waals surface area contributed by atoms with E-state index in [0.717, 1.165) is 66.8 Å². The zero-order valence-corrected chi connectivity index (χ0v) is 22.1. The first kappa shape index (κ1) is 23.3. The van der Waals surface area contributed by atoms with Crippen LogP contribution in [0, 0.1) is 0 Å². The van der Waals surface area contributed by atoms with Gasteiger partial charge in [-0.3, -0.25) is 0 Å². The maximum Gasteiger partial charge on any atom is 0.227 e. The molecule has 0 saturated heterocycles. The molecule has 2 heterocycles. The number of fused-ring (bicyclic) bond motifs is 4. The third-order valence-electron chi connectivity index (χ3n) is 7.49. The van der Waals surface area contributed by atoms with Crippen LogP contribution in [0.4, 0.5) is 17.1 Å². The van der Waals surface area contributed by atoms with Crippen LogP contribution in [0.5, 0.6) is 0 Å². The molecule has 0 bridgehead atoms. The molecule has 4 nitrogen and oxygen atoms in total. The second-order valence-corrected chi connectivity index (χ2v) is 10.0. The Morgan fingerprint density at radius 1 is 0.463 bits per heavy atom. The van der Waals surface area contributed by atoms with Crippen LogP contribution in [0.15, 0.2) is 154 Å². The largest absolute Gasteiger partial charge is 0.455 e. The lowest BCUT2D eigenvalue weighted by molar-refractivity contribution is 0.620. The highest BCUT2D eigenvalue weighted by Gasteiger charge is 2.21. The van der Waals surface area contributed by atoms with Gasteiger partial charge in [-0.25, -0.2) is 4.98 Å². The number of nitrogens with zero attached hydrogens (tertiary/aromatic N) is 2. The Labute approximate surface area is 236 Å². The molecule has 41 heavy (non-hydrogen) atoms. The summed E-state index contributed by atoms with van der Waals surface area (Å²) in [6.45, 7) is 0. The number of aromatic nitrogens is 1. The van der Waals surface area contributed by atoms with Crippen molar-refractivity contribution in [3.8, 4) is 22.6 Å². The normalized spacial score (nSPS) is 11.4. The van der Waals surface area contributed by atoms with Gasteiger partial charge >= 0.3 is 0 Å². The van der Waals surface area contributed by atoms with Crippen molar-refractivity contribution >= 4 is 50.1 Å². The summed E-state index contributed by atoms with van der Waals surface area (Å²) in [7, 11) is 0. The summed E-state index contributed by atoms with van der Waals surface area (Å²) in [4.78, 5) is 7.25. The number of hydrogen-bond acceptors (Lipinski definition) is 4. The average Bonchev–Trinajstić information content (AvgIpc) is 3.63. The second kappa shape index (κ2) is 9.54. The van der Waals surface area contributed by atoms with Gasteiger partial charge in [0.2, 0.25) is 5.89 Å². The van der Waals surface area contributed by atoms with Gasteiger partial charge in [0.05, 0.1) is 5.56 Å². The zero-order valence-electron chi connectivity index (χ0n) is 22.1. The van der Waals surface area contributed by atoms with Crippen molar-refractivity contribution in [1.29, 1.82) is 0 Å². The highest BCUT2D eigenvalue weighted by Crippen LogP contribution is 2.43. The minimum absolute atomic E-state index is 0.592. The molecule has 2 aromatic heterocycles. The lowest BCUT2D eigenvalue weighted by Crippen LogP contribution is -2.09. The molecule has 0 fully saturated rings. The Balaban J connectivity index is 1.33. The Bertz CT molecular complexity index is 2090. The molecule has 0 spiro atoms. The van der Waals surface area contributed by atoms with E-state index in [1.54, 1.807) is 0 Å². The van der Waals surface area contributed by atoms with E-state index in [0.29, 0.717) is 5.89 Å². The van der Waals surface area contributed by atoms with Crippen LogP contribution in [-0.4, -0.2) is 4.98 Å². The third kappa shape index (κ3) is 3.97. The quantitative estimate of drug-likeness (QED) is 0.223. The van der Waals surface area contributed by atoms with Crippen LogP contribution >= 0.6 is 0 Å². The van der Waals surface area contributed by atoms with Crippen LogP contribution in [-0.2, 0) is 0 Å².